The Kier molecular flexibility index (Phi) is 6.11. The van der Waals surface area contributed by atoms with Gasteiger partial charge in [0.25, 0.3) is 0 Å². The van der Waals surface area contributed by atoms with Crippen molar-refractivity contribution in [2.45, 2.75) is 33.0 Å². The average Bonchev–Trinajstić information content (AvgIpc) is 3.16. The van der Waals surface area contributed by atoms with Crippen molar-refractivity contribution in [3.8, 4) is 0 Å². The highest BCUT2D eigenvalue weighted by molar-refractivity contribution is 5.76. The molecule has 7 heteroatoms. The monoisotopic (exact) mass is 360 g/mol. The zero-order valence-electron chi connectivity index (χ0n) is 15.9. The minimum Gasteiger partial charge on any atom is -0.372 e. The van der Waals surface area contributed by atoms with E-state index in [1.807, 2.05) is 13.0 Å². The van der Waals surface area contributed by atoms with Crippen molar-refractivity contribution in [1.82, 2.24) is 19.5 Å². The molecule has 1 aliphatic rings. The Morgan fingerprint density at radius 1 is 1.42 bits per heavy atom. The van der Waals surface area contributed by atoms with E-state index in [-0.39, 0.29) is 12.5 Å². The fourth-order valence-corrected chi connectivity index (χ4v) is 3.33. The number of hydrogen-bond acceptors (Lipinski definition) is 5. The van der Waals surface area contributed by atoms with Gasteiger partial charge >= 0.3 is 0 Å². The van der Waals surface area contributed by atoms with E-state index in [9.17, 15) is 4.79 Å². The number of hydrogen-bond donors (Lipinski definition) is 0. The summed E-state index contributed by atoms with van der Waals surface area (Å²) in [6.07, 6.45) is 3.06. The summed E-state index contributed by atoms with van der Waals surface area (Å²) < 4.78 is 13.1. The molecule has 3 rings (SSSR count). The highest BCUT2D eigenvalue weighted by atomic mass is 16.5. The van der Waals surface area contributed by atoms with Gasteiger partial charge in [-0.3, -0.25) is 9.69 Å². The third-order valence-electron chi connectivity index (χ3n) is 4.74. The molecule has 0 fully saturated rings. The largest absolute Gasteiger partial charge is 0.372 e. The fraction of sp³-hybridized carbons (Fsp3) is 0.579. The molecule has 2 aromatic rings. The fourth-order valence-electron chi connectivity index (χ4n) is 3.33. The van der Waals surface area contributed by atoms with Crippen LogP contribution in [0, 0.1) is 12.8 Å². The first-order valence-corrected chi connectivity index (χ1v) is 9.07. The molecule has 0 aliphatic carbocycles. The maximum atomic E-state index is 11.6. The first-order chi connectivity index (χ1) is 12.5. The van der Waals surface area contributed by atoms with E-state index >= 15 is 0 Å². The molecular formula is C19H28N4O3. The summed E-state index contributed by atoms with van der Waals surface area (Å²) in [7, 11) is 3.49. The molecule has 1 amide bonds. The van der Waals surface area contributed by atoms with E-state index in [1.165, 1.54) is 5.69 Å². The Morgan fingerprint density at radius 3 is 3.00 bits per heavy atom. The summed E-state index contributed by atoms with van der Waals surface area (Å²) in [5, 5.41) is 4.13. The van der Waals surface area contributed by atoms with Crippen LogP contribution >= 0.6 is 0 Å². The van der Waals surface area contributed by atoms with Gasteiger partial charge in [-0.05, 0) is 31.4 Å². The summed E-state index contributed by atoms with van der Waals surface area (Å²) in [6, 6.07) is 6.27. The molecule has 26 heavy (non-hydrogen) atoms. The van der Waals surface area contributed by atoms with Crippen LogP contribution in [0.1, 0.15) is 23.6 Å². The highest BCUT2D eigenvalue weighted by Crippen LogP contribution is 2.21. The van der Waals surface area contributed by atoms with E-state index in [4.69, 9.17) is 9.26 Å². The number of ether oxygens (including phenoxy) is 1. The Balaban J connectivity index is 1.57. The van der Waals surface area contributed by atoms with Gasteiger partial charge in [-0.2, -0.15) is 0 Å². The number of nitrogens with zero attached hydrogens (tertiary/aromatic N) is 4. The van der Waals surface area contributed by atoms with Crippen LogP contribution in [0.25, 0.3) is 0 Å². The molecule has 0 bridgehead atoms. The summed E-state index contributed by atoms with van der Waals surface area (Å²) in [4.78, 5) is 15.6. The highest BCUT2D eigenvalue weighted by Gasteiger charge is 2.22. The number of fused-ring (bicyclic) bond motifs is 1. The second kappa shape index (κ2) is 8.51. The zero-order chi connectivity index (χ0) is 18.5. The Hall–Kier alpha value is -2.12. The van der Waals surface area contributed by atoms with Crippen molar-refractivity contribution < 1.29 is 14.1 Å². The first kappa shape index (κ1) is 18.7. The number of aromatic nitrogens is 2. The molecule has 0 aromatic carbocycles. The smallest absolute Gasteiger partial charge is 0.248 e. The van der Waals surface area contributed by atoms with Crippen LogP contribution in [0.3, 0.4) is 0 Å². The average molecular weight is 360 g/mol. The number of amides is 1. The van der Waals surface area contributed by atoms with E-state index in [0.29, 0.717) is 12.5 Å². The first-order valence-electron chi connectivity index (χ1n) is 9.07. The molecule has 142 valence electrons. The Morgan fingerprint density at radius 2 is 2.27 bits per heavy atom. The normalized spacial score (nSPS) is 17.7. The standard InChI is InChI=1S/C19H28N4O3/c1-15-9-17(20-26-15)12-22-10-16(6-8-25-14-19(24)21(2)3)11-23-7-4-5-18(23)13-22/h4-5,7,9,16H,6,8,10-14H2,1-3H3. The molecule has 0 N–H and O–H groups in total. The Labute approximate surface area is 154 Å². The van der Waals surface area contributed by atoms with Crippen molar-refractivity contribution in [2.24, 2.45) is 5.92 Å². The molecule has 3 heterocycles. The molecule has 2 aromatic heterocycles. The molecule has 7 nitrogen and oxygen atoms in total. The van der Waals surface area contributed by atoms with Crippen LogP contribution in [0.5, 0.6) is 0 Å². The van der Waals surface area contributed by atoms with Crippen LogP contribution in [0.2, 0.25) is 0 Å². The summed E-state index contributed by atoms with van der Waals surface area (Å²) in [5.41, 5.74) is 2.28. The topological polar surface area (TPSA) is 63.7 Å². The van der Waals surface area contributed by atoms with Crippen LogP contribution in [0.4, 0.5) is 0 Å². The van der Waals surface area contributed by atoms with Gasteiger partial charge in [0.2, 0.25) is 5.91 Å². The van der Waals surface area contributed by atoms with Gasteiger partial charge in [-0.15, -0.1) is 0 Å². The molecule has 0 saturated carbocycles. The molecular weight excluding hydrogens is 332 g/mol. The lowest BCUT2D eigenvalue weighted by Gasteiger charge is -2.23. The lowest BCUT2D eigenvalue weighted by molar-refractivity contribution is -0.133. The lowest BCUT2D eigenvalue weighted by Crippen LogP contribution is -2.29. The maximum absolute atomic E-state index is 11.6. The van der Waals surface area contributed by atoms with Gasteiger partial charge in [0.1, 0.15) is 12.4 Å². The van der Waals surface area contributed by atoms with Crippen LogP contribution in [-0.2, 0) is 29.2 Å². The predicted octanol–water partition coefficient (Wildman–Crippen LogP) is 1.91. The number of carbonyl (C=O) groups is 1. The third kappa shape index (κ3) is 4.95. The summed E-state index contributed by atoms with van der Waals surface area (Å²) >= 11 is 0. The SMILES string of the molecule is Cc1cc(CN2Cc3cccn3CC(CCOCC(=O)N(C)C)C2)no1. The van der Waals surface area contributed by atoms with Crippen LogP contribution in [-0.4, -0.2) is 59.3 Å². The van der Waals surface area contributed by atoms with Crippen molar-refractivity contribution in [1.29, 1.82) is 0 Å². The molecule has 1 aliphatic heterocycles. The van der Waals surface area contributed by atoms with Gasteiger partial charge < -0.3 is 18.7 Å². The van der Waals surface area contributed by atoms with Gasteiger partial charge in [0.15, 0.2) is 0 Å². The molecule has 0 radical (unpaired) electrons. The van der Waals surface area contributed by atoms with Gasteiger partial charge in [0.05, 0.1) is 5.69 Å². The van der Waals surface area contributed by atoms with Crippen LogP contribution < -0.4 is 0 Å². The predicted molar refractivity (Wildman–Crippen MR) is 97.4 cm³/mol. The number of rotatable bonds is 7. The molecule has 0 spiro atoms. The van der Waals surface area contributed by atoms with Crippen molar-refractivity contribution in [2.75, 3.05) is 33.9 Å². The van der Waals surface area contributed by atoms with Gasteiger partial charge in [0, 0.05) is 64.8 Å². The molecule has 1 unspecified atom stereocenters. The summed E-state index contributed by atoms with van der Waals surface area (Å²) in [6.45, 7) is 6.28. The molecule has 1 atom stereocenters. The van der Waals surface area contributed by atoms with Gasteiger partial charge in [-0.25, -0.2) is 0 Å². The van der Waals surface area contributed by atoms with Crippen molar-refractivity contribution in [3.05, 3.63) is 41.5 Å². The molecule has 0 saturated heterocycles. The van der Waals surface area contributed by atoms with Gasteiger partial charge in [-0.1, -0.05) is 5.16 Å². The van der Waals surface area contributed by atoms with E-state index in [2.05, 4.69) is 33.0 Å². The minimum atomic E-state index is 0.00147. The third-order valence-corrected chi connectivity index (χ3v) is 4.74. The van der Waals surface area contributed by atoms with E-state index in [0.717, 1.165) is 44.1 Å². The second-order valence-electron chi connectivity index (χ2n) is 7.25. The number of likely N-dealkylation sites (N-methyl/N-ethyl adjacent to an activating group) is 1. The van der Waals surface area contributed by atoms with Crippen molar-refractivity contribution in [3.63, 3.8) is 0 Å². The lowest BCUT2D eigenvalue weighted by atomic mass is 10.1. The van der Waals surface area contributed by atoms with E-state index in [1.54, 1.807) is 19.0 Å². The van der Waals surface area contributed by atoms with E-state index < -0.39 is 0 Å². The number of carbonyl (C=O) groups excluding carboxylic acids is 1. The maximum Gasteiger partial charge on any atom is 0.248 e. The zero-order valence-corrected chi connectivity index (χ0v) is 15.9. The summed E-state index contributed by atoms with van der Waals surface area (Å²) in [5.74, 6) is 1.31. The number of aryl methyl sites for hydroxylation is 1. The van der Waals surface area contributed by atoms with Crippen LogP contribution in [0.15, 0.2) is 28.9 Å². The second-order valence-corrected chi connectivity index (χ2v) is 7.25. The quantitative estimate of drug-likeness (QED) is 0.706. The minimum absolute atomic E-state index is 0.00147. The Bertz CT molecular complexity index is 722. The van der Waals surface area contributed by atoms with Crippen molar-refractivity contribution >= 4 is 5.91 Å².